The number of rotatable bonds is 4. The van der Waals surface area contributed by atoms with E-state index in [-0.39, 0.29) is 5.54 Å². The normalized spacial score (nSPS) is 43.2. The molecule has 4 saturated carbocycles. The quantitative estimate of drug-likeness (QED) is 0.793. The smallest absolute Gasteiger partial charge is 0.226 e. The van der Waals surface area contributed by atoms with Gasteiger partial charge in [0.25, 0.3) is 0 Å². The third-order valence-corrected chi connectivity index (χ3v) is 6.97. The number of carbonyl (C=O) groups is 1. The fraction of sp³-hybridized carbons (Fsp3) is 0.944. The number of amides is 1. The summed E-state index contributed by atoms with van der Waals surface area (Å²) in [5, 5.41) is 3.52. The van der Waals surface area contributed by atoms with E-state index in [4.69, 9.17) is 0 Å². The molecule has 1 amide bonds. The first-order valence-electron chi connectivity index (χ1n) is 9.19. The van der Waals surface area contributed by atoms with Gasteiger partial charge in [-0.2, -0.15) is 0 Å². The summed E-state index contributed by atoms with van der Waals surface area (Å²) in [6.45, 7) is 3.58. The Hall–Kier alpha value is -0.570. The number of hydrogen-bond acceptors (Lipinski definition) is 1. The Morgan fingerprint density at radius 3 is 2.10 bits per heavy atom. The molecule has 5 aliphatic rings. The Kier molecular flexibility index (Phi) is 3.33. The average molecular weight is 291 g/mol. The van der Waals surface area contributed by atoms with Crippen molar-refractivity contribution < 1.29 is 9.28 Å². The van der Waals surface area contributed by atoms with E-state index in [1.807, 2.05) is 0 Å². The summed E-state index contributed by atoms with van der Waals surface area (Å²) in [7, 11) is 2.32. The minimum Gasteiger partial charge on any atom is -0.350 e. The molecule has 0 unspecified atom stereocenters. The molecular weight excluding hydrogens is 260 g/mol. The van der Waals surface area contributed by atoms with E-state index in [0.29, 0.717) is 5.91 Å². The average Bonchev–Trinajstić information content (AvgIpc) is 2.82. The van der Waals surface area contributed by atoms with Crippen molar-refractivity contribution in [3.63, 3.8) is 0 Å². The van der Waals surface area contributed by atoms with Gasteiger partial charge >= 0.3 is 0 Å². The van der Waals surface area contributed by atoms with Crippen LogP contribution >= 0.6 is 0 Å². The van der Waals surface area contributed by atoms with Crippen LogP contribution in [0.1, 0.15) is 57.8 Å². The van der Waals surface area contributed by atoms with Crippen LogP contribution in [0, 0.1) is 17.8 Å². The number of quaternary nitrogens is 1. The molecule has 3 heteroatoms. The summed E-state index contributed by atoms with van der Waals surface area (Å²) in [5.74, 6) is 3.09. The number of nitrogens with zero attached hydrogens (tertiary/aromatic N) is 1. The lowest BCUT2D eigenvalue weighted by molar-refractivity contribution is -0.897. The summed E-state index contributed by atoms with van der Waals surface area (Å²) < 4.78 is 1.12. The van der Waals surface area contributed by atoms with E-state index in [0.717, 1.165) is 35.2 Å². The van der Waals surface area contributed by atoms with Crippen LogP contribution in [0.4, 0.5) is 0 Å². The zero-order valence-electron chi connectivity index (χ0n) is 13.6. The van der Waals surface area contributed by atoms with Gasteiger partial charge in [0.1, 0.15) is 0 Å². The highest BCUT2D eigenvalue weighted by molar-refractivity contribution is 5.77. The van der Waals surface area contributed by atoms with Crippen molar-refractivity contribution in [2.45, 2.75) is 63.3 Å². The molecule has 4 aliphatic carbocycles. The van der Waals surface area contributed by atoms with Gasteiger partial charge in [0, 0.05) is 18.4 Å². The van der Waals surface area contributed by atoms with Gasteiger partial charge in [-0.1, -0.05) is 0 Å². The Morgan fingerprint density at radius 1 is 1.05 bits per heavy atom. The van der Waals surface area contributed by atoms with E-state index < -0.39 is 0 Å². The maximum atomic E-state index is 12.5. The summed E-state index contributed by atoms with van der Waals surface area (Å²) >= 11 is 0. The molecule has 4 bridgehead atoms. The maximum Gasteiger partial charge on any atom is 0.226 e. The monoisotopic (exact) mass is 291 g/mol. The molecule has 1 heterocycles. The summed E-state index contributed by atoms with van der Waals surface area (Å²) in [4.78, 5) is 12.5. The Labute approximate surface area is 129 Å². The second-order valence-electron chi connectivity index (χ2n) is 8.99. The fourth-order valence-corrected chi connectivity index (χ4v) is 6.32. The molecule has 0 aromatic carbocycles. The van der Waals surface area contributed by atoms with Crippen LogP contribution in [0.15, 0.2) is 0 Å². The standard InChI is InChI=1S/C18H30N2O/c1-20(5-2-3-6-20)7-4-17(21)19-18-11-14-8-15(12-18)10-16(9-14)13-18/h14-16H,2-13H2,1H3/p+1. The van der Waals surface area contributed by atoms with Crippen LogP contribution in [0.3, 0.4) is 0 Å². The third-order valence-electron chi connectivity index (χ3n) is 6.97. The first-order valence-corrected chi connectivity index (χ1v) is 9.19. The SMILES string of the molecule is C[N+]1(CCC(=O)NC23CC4CC(CC(C4)C2)C3)CCCC1. The van der Waals surface area contributed by atoms with Gasteiger partial charge in [-0.25, -0.2) is 0 Å². The van der Waals surface area contributed by atoms with E-state index in [1.165, 1.54) is 64.5 Å². The van der Waals surface area contributed by atoms with Crippen LogP contribution in [0.25, 0.3) is 0 Å². The van der Waals surface area contributed by atoms with Crippen molar-refractivity contribution in [1.29, 1.82) is 0 Å². The molecule has 118 valence electrons. The lowest BCUT2D eigenvalue weighted by atomic mass is 9.53. The zero-order chi connectivity index (χ0) is 14.5. The zero-order valence-corrected chi connectivity index (χ0v) is 13.6. The highest BCUT2D eigenvalue weighted by Crippen LogP contribution is 2.55. The first kappa shape index (κ1) is 14.0. The van der Waals surface area contributed by atoms with Gasteiger partial charge in [-0.15, -0.1) is 0 Å². The molecule has 0 aromatic rings. The van der Waals surface area contributed by atoms with Crippen LogP contribution in [-0.2, 0) is 4.79 Å². The molecule has 3 nitrogen and oxygen atoms in total. The lowest BCUT2D eigenvalue weighted by Crippen LogP contribution is -2.60. The summed E-state index contributed by atoms with van der Waals surface area (Å²) in [6, 6.07) is 0. The topological polar surface area (TPSA) is 29.1 Å². The van der Waals surface area contributed by atoms with Crippen LogP contribution in [-0.4, -0.2) is 42.6 Å². The van der Waals surface area contributed by atoms with Crippen molar-refractivity contribution in [3.05, 3.63) is 0 Å². The van der Waals surface area contributed by atoms with Crippen LogP contribution in [0.5, 0.6) is 0 Å². The largest absolute Gasteiger partial charge is 0.350 e. The first-order chi connectivity index (χ1) is 10.0. The highest BCUT2D eigenvalue weighted by Gasteiger charge is 2.51. The van der Waals surface area contributed by atoms with Crippen LogP contribution < -0.4 is 5.32 Å². The second kappa shape index (κ2) is 4.97. The highest BCUT2D eigenvalue weighted by atomic mass is 16.1. The van der Waals surface area contributed by atoms with Gasteiger partial charge < -0.3 is 9.80 Å². The van der Waals surface area contributed by atoms with Crippen molar-refractivity contribution in [2.24, 2.45) is 17.8 Å². The van der Waals surface area contributed by atoms with E-state index in [2.05, 4.69) is 12.4 Å². The molecule has 1 saturated heterocycles. The van der Waals surface area contributed by atoms with E-state index >= 15 is 0 Å². The Bertz CT molecular complexity index is 390. The molecule has 0 spiro atoms. The molecule has 0 radical (unpaired) electrons. The van der Waals surface area contributed by atoms with Gasteiger partial charge in [0.05, 0.1) is 33.1 Å². The van der Waals surface area contributed by atoms with Crippen molar-refractivity contribution in [1.82, 2.24) is 5.32 Å². The van der Waals surface area contributed by atoms with Gasteiger partial charge in [0.2, 0.25) is 5.91 Å². The van der Waals surface area contributed by atoms with Crippen molar-refractivity contribution in [3.8, 4) is 0 Å². The van der Waals surface area contributed by atoms with Crippen molar-refractivity contribution >= 4 is 5.91 Å². The number of likely N-dealkylation sites (tertiary alicyclic amines) is 1. The molecule has 1 aliphatic heterocycles. The number of nitrogens with one attached hydrogen (secondary N) is 1. The molecular formula is C18H31N2O+. The molecule has 5 fully saturated rings. The van der Waals surface area contributed by atoms with Crippen molar-refractivity contribution in [2.75, 3.05) is 26.7 Å². The molecule has 0 aromatic heterocycles. The third kappa shape index (κ3) is 2.74. The minimum atomic E-state index is 0.204. The number of hydrogen-bond donors (Lipinski definition) is 1. The summed E-state index contributed by atoms with van der Waals surface area (Å²) in [6.07, 6.45) is 11.6. The molecule has 5 rings (SSSR count). The van der Waals surface area contributed by atoms with E-state index in [9.17, 15) is 4.79 Å². The second-order valence-corrected chi connectivity index (χ2v) is 8.99. The van der Waals surface area contributed by atoms with Gasteiger partial charge in [-0.3, -0.25) is 4.79 Å². The predicted octanol–water partition coefficient (Wildman–Crippen LogP) is 2.70. The Morgan fingerprint density at radius 2 is 1.57 bits per heavy atom. The fourth-order valence-electron chi connectivity index (χ4n) is 6.32. The van der Waals surface area contributed by atoms with Gasteiger partial charge in [-0.05, 0) is 56.3 Å². The lowest BCUT2D eigenvalue weighted by Gasteiger charge is -2.57. The molecule has 21 heavy (non-hydrogen) atoms. The Balaban J connectivity index is 1.34. The molecule has 1 N–H and O–H groups in total. The van der Waals surface area contributed by atoms with Crippen LogP contribution in [0.2, 0.25) is 0 Å². The summed E-state index contributed by atoms with van der Waals surface area (Å²) in [5.41, 5.74) is 0.204. The molecule has 0 atom stereocenters. The number of carbonyl (C=O) groups excluding carboxylic acids is 1. The predicted molar refractivity (Wildman–Crippen MR) is 83.7 cm³/mol. The van der Waals surface area contributed by atoms with Gasteiger partial charge in [0.15, 0.2) is 0 Å². The van der Waals surface area contributed by atoms with E-state index in [1.54, 1.807) is 0 Å². The maximum absolute atomic E-state index is 12.5. The minimum absolute atomic E-state index is 0.204.